The standard InChI is InChI=1S/C22H26N2O7/c1-11(2)31-21(26)19-12(3)20(24-14(19)5)22(27)28-9-18(25)23-13(4)15-6-7-16-17(8-15)30-10-29-16/h6-8,11,13,24H,9-10H2,1-5H3,(H,23,25)/t13-/m0/s1. The highest BCUT2D eigenvalue weighted by Crippen LogP contribution is 2.34. The summed E-state index contributed by atoms with van der Waals surface area (Å²) >= 11 is 0. The van der Waals surface area contributed by atoms with Crippen molar-refractivity contribution in [3.8, 4) is 11.5 Å². The molecule has 1 aromatic heterocycles. The van der Waals surface area contributed by atoms with E-state index >= 15 is 0 Å². The summed E-state index contributed by atoms with van der Waals surface area (Å²) in [7, 11) is 0. The smallest absolute Gasteiger partial charge is 0.355 e. The SMILES string of the molecule is Cc1[nH]c(C(=O)OCC(=O)N[C@@H](C)c2ccc3c(c2)OCO3)c(C)c1C(=O)OC(C)C. The van der Waals surface area contributed by atoms with E-state index in [9.17, 15) is 14.4 Å². The van der Waals surface area contributed by atoms with Gasteiger partial charge in [0.1, 0.15) is 5.69 Å². The van der Waals surface area contributed by atoms with Crippen molar-refractivity contribution in [1.82, 2.24) is 10.3 Å². The number of hydrogen-bond acceptors (Lipinski definition) is 7. The number of benzene rings is 1. The van der Waals surface area contributed by atoms with Crippen molar-refractivity contribution in [2.75, 3.05) is 13.4 Å². The number of rotatable bonds is 7. The van der Waals surface area contributed by atoms with Crippen molar-refractivity contribution in [2.45, 2.75) is 46.8 Å². The first-order chi connectivity index (χ1) is 14.7. The summed E-state index contributed by atoms with van der Waals surface area (Å²) in [5, 5.41) is 2.77. The molecular formula is C22H26N2O7. The zero-order valence-corrected chi connectivity index (χ0v) is 18.2. The highest BCUT2D eigenvalue weighted by molar-refractivity contribution is 5.99. The first-order valence-corrected chi connectivity index (χ1v) is 9.93. The van der Waals surface area contributed by atoms with Gasteiger partial charge < -0.3 is 29.2 Å². The fourth-order valence-electron chi connectivity index (χ4n) is 3.29. The molecule has 3 rings (SSSR count). The molecule has 0 bridgehead atoms. The summed E-state index contributed by atoms with van der Waals surface area (Å²) < 4.78 is 21.0. The molecule has 9 nitrogen and oxygen atoms in total. The van der Waals surface area contributed by atoms with Crippen LogP contribution in [0, 0.1) is 13.8 Å². The minimum Gasteiger partial charge on any atom is -0.459 e. The van der Waals surface area contributed by atoms with Crippen LogP contribution in [0.5, 0.6) is 11.5 Å². The van der Waals surface area contributed by atoms with Gasteiger partial charge in [-0.25, -0.2) is 9.59 Å². The summed E-state index contributed by atoms with van der Waals surface area (Å²) in [5.74, 6) is -0.427. The molecule has 0 saturated heterocycles. The number of carbonyl (C=O) groups excluding carboxylic acids is 3. The number of esters is 2. The maximum atomic E-state index is 12.4. The zero-order valence-electron chi connectivity index (χ0n) is 18.2. The lowest BCUT2D eigenvalue weighted by atomic mass is 10.1. The molecule has 1 aliphatic heterocycles. The Kier molecular flexibility index (Phi) is 6.53. The molecule has 1 amide bonds. The summed E-state index contributed by atoms with van der Waals surface area (Å²) in [4.78, 5) is 39.8. The van der Waals surface area contributed by atoms with E-state index in [-0.39, 0.29) is 24.6 Å². The Morgan fingerprint density at radius 1 is 1.10 bits per heavy atom. The van der Waals surface area contributed by atoms with Crippen LogP contribution in [0.4, 0.5) is 0 Å². The Hall–Kier alpha value is -3.49. The lowest BCUT2D eigenvalue weighted by molar-refractivity contribution is -0.124. The van der Waals surface area contributed by atoms with Crippen LogP contribution in [0.3, 0.4) is 0 Å². The number of aryl methyl sites for hydroxylation is 1. The number of nitrogens with one attached hydrogen (secondary N) is 2. The Morgan fingerprint density at radius 2 is 1.81 bits per heavy atom. The highest BCUT2D eigenvalue weighted by Gasteiger charge is 2.25. The third-order valence-corrected chi connectivity index (χ3v) is 4.80. The first kappa shape index (κ1) is 22.2. The Labute approximate surface area is 180 Å². The normalized spacial score (nSPS) is 13.1. The predicted molar refractivity (Wildman–Crippen MR) is 110 cm³/mol. The van der Waals surface area contributed by atoms with Gasteiger partial charge in [0.2, 0.25) is 6.79 Å². The number of carbonyl (C=O) groups is 3. The van der Waals surface area contributed by atoms with Gasteiger partial charge >= 0.3 is 11.9 Å². The number of aromatic nitrogens is 1. The van der Waals surface area contributed by atoms with E-state index in [4.69, 9.17) is 18.9 Å². The molecule has 1 aliphatic rings. The molecule has 0 fully saturated rings. The van der Waals surface area contributed by atoms with E-state index in [1.165, 1.54) is 0 Å². The van der Waals surface area contributed by atoms with E-state index < -0.39 is 24.5 Å². The van der Waals surface area contributed by atoms with Crippen molar-refractivity contribution in [1.29, 1.82) is 0 Å². The van der Waals surface area contributed by atoms with Crippen LogP contribution in [-0.2, 0) is 14.3 Å². The van der Waals surface area contributed by atoms with Crippen molar-refractivity contribution >= 4 is 17.8 Å². The van der Waals surface area contributed by atoms with E-state index in [0.717, 1.165) is 5.56 Å². The van der Waals surface area contributed by atoms with Gasteiger partial charge in [-0.05, 0) is 57.9 Å². The molecule has 1 atom stereocenters. The van der Waals surface area contributed by atoms with Gasteiger partial charge in [0.15, 0.2) is 18.1 Å². The highest BCUT2D eigenvalue weighted by atomic mass is 16.7. The van der Waals surface area contributed by atoms with Crippen LogP contribution in [0.1, 0.15) is 64.5 Å². The van der Waals surface area contributed by atoms with Crippen molar-refractivity contribution < 1.29 is 33.3 Å². The third-order valence-electron chi connectivity index (χ3n) is 4.80. The molecule has 166 valence electrons. The largest absolute Gasteiger partial charge is 0.459 e. The monoisotopic (exact) mass is 430 g/mol. The molecule has 1 aromatic carbocycles. The molecule has 2 N–H and O–H groups in total. The number of amides is 1. The second-order valence-corrected chi connectivity index (χ2v) is 7.56. The molecule has 0 spiro atoms. The number of hydrogen-bond donors (Lipinski definition) is 2. The lowest BCUT2D eigenvalue weighted by Crippen LogP contribution is -2.31. The van der Waals surface area contributed by atoms with Crippen LogP contribution in [0.15, 0.2) is 18.2 Å². The summed E-state index contributed by atoms with van der Waals surface area (Å²) in [6.45, 7) is 8.30. The number of ether oxygens (including phenoxy) is 4. The van der Waals surface area contributed by atoms with Crippen molar-refractivity contribution in [3.63, 3.8) is 0 Å². The van der Waals surface area contributed by atoms with E-state index in [2.05, 4.69) is 10.3 Å². The van der Waals surface area contributed by atoms with Crippen LogP contribution in [0.25, 0.3) is 0 Å². The summed E-state index contributed by atoms with van der Waals surface area (Å²) in [5.41, 5.74) is 2.15. The van der Waals surface area contributed by atoms with Gasteiger partial charge in [-0.3, -0.25) is 4.79 Å². The molecule has 9 heteroatoms. The predicted octanol–water partition coefficient (Wildman–Crippen LogP) is 2.96. The van der Waals surface area contributed by atoms with Crippen molar-refractivity contribution in [3.05, 3.63) is 46.3 Å². The molecule has 0 saturated carbocycles. The minimum atomic E-state index is -0.727. The molecule has 0 unspecified atom stereocenters. The van der Waals surface area contributed by atoms with Gasteiger partial charge in [0, 0.05) is 5.69 Å². The molecule has 0 radical (unpaired) electrons. The van der Waals surface area contributed by atoms with E-state index in [0.29, 0.717) is 28.3 Å². The lowest BCUT2D eigenvalue weighted by Gasteiger charge is -2.15. The Morgan fingerprint density at radius 3 is 2.52 bits per heavy atom. The molecule has 0 aliphatic carbocycles. The molecule has 2 aromatic rings. The third kappa shape index (κ3) is 4.99. The van der Waals surface area contributed by atoms with Crippen LogP contribution >= 0.6 is 0 Å². The topological polar surface area (TPSA) is 116 Å². The summed E-state index contributed by atoms with van der Waals surface area (Å²) in [6.07, 6.45) is -0.285. The second-order valence-electron chi connectivity index (χ2n) is 7.56. The number of aromatic amines is 1. The zero-order chi connectivity index (χ0) is 22.7. The number of fused-ring (bicyclic) bond motifs is 1. The fraction of sp³-hybridized carbons (Fsp3) is 0.409. The molecular weight excluding hydrogens is 404 g/mol. The molecule has 2 heterocycles. The van der Waals surface area contributed by atoms with E-state index in [1.807, 2.05) is 13.0 Å². The Bertz CT molecular complexity index is 1010. The van der Waals surface area contributed by atoms with Gasteiger partial charge in [-0.2, -0.15) is 0 Å². The number of H-pyrrole nitrogens is 1. The minimum absolute atomic E-state index is 0.116. The fourth-order valence-corrected chi connectivity index (χ4v) is 3.29. The molecule has 31 heavy (non-hydrogen) atoms. The van der Waals surface area contributed by atoms with E-state index in [1.54, 1.807) is 39.8 Å². The van der Waals surface area contributed by atoms with Gasteiger partial charge in [0.25, 0.3) is 5.91 Å². The maximum absolute atomic E-state index is 12.4. The average Bonchev–Trinajstić information content (AvgIpc) is 3.28. The average molecular weight is 430 g/mol. The van der Waals surface area contributed by atoms with Crippen LogP contribution < -0.4 is 14.8 Å². The van der Waals surface area contributed by atoms with Gasteiger partial charge in [-0.1, -0.05) is 6.07 Å². The summed E-state index contributed by atoms with van der Waals surface area (Å²) in [6, 6.07) is 5.07. The van der Waals surface area contributed by atoms with Crippen LogP contribution in [-0.4, -0.2) is 42.3 Å². The first-order valence-electron chi connectivity index (χ1n) is 9.93. The Balaban J connectivity index is 1.58. The van der Waals surface area contributed by atoms with Gasteiger partial charge in [0.05, 0.1) is 17.7 Å². The van der Waals surface area contributed by atoms with Crippen molar-refractivity contribution in [2.24, 2.45) is 0 Å². The quantitative estimate of drug-likeness (QED) is 0.649. The maximum Gasteiger partial charge on any atom is 0.355 e. The van der Waals surface area contributed by atoms with Gasteiger partial charge in [-0.15, -0.1) is 0 Å². The van der Waals surface area contributed by atoms with Crippen LogP contribution in [0.2, 0.25) is 0 Å². The second kappa shape index (κ2) is 9.11.